The van der Waals surface area contributed by atoms with Gasteiger partial charge in [-0.1, -0.05) is 24.9 Å². The number of hydrogen-bond donors (Lipinski definition) is 0. The van der Waals surface area contributed by atoms with Gasteiger partial charge in [-0.2, -0.15) is 0 Å². The van der Waals surface area contributed by atoms with Crippen LogP contribution < -0.4 is 4.90 Å². The van der Waals surface area contributed by atoms with Gasteiger partial charge in [0.25, 0.3) is 5.92 Å². The lowest BCUT2D eigenvalue weighted by molar-refractivity contribution is -0.279. The second-order valence-corrected chi connectivity index (χ2v) is 6.60. The number of ether oxygens (including phenoxy) is 2. The number of anilines is 1. The number of rotatable bonds is 3. The summed E-state index contributed by atoms with van der Waals surface area (Å²) in [5, 5.41) is 0.334. The highest BCUT2D eigenvalue weighted by Gasteiger charge is 2.62. The summed E-state index contributed by atoms with van der Waals surface area (Å²) in [5.74, 6) is -3.08. The van der Waals surface area contributed by atoms with Crippen molar-refractivity contribution in [2.75, 3.05) is 24.7 Å². The van der Waals surface area contributed by atoms with E-state index >= 15 is 0 Å². The van der Waals surface area contributed by atoms with Gasteiger partial charge in [0, 0.05) is 30.0 Å². The number of nitrogens with zero attached hydrogens (tertiary/aromatic N) is 1. The van der Waals surface area contributed by atoms with Crippen molar-refractivity contribution in [2.24, 2.45) is 0 Å². The van der Waals surface area contributed by atoms with Crippen LogP contribution in [-0.2, 0) is 15.1 Å². The van der Waals surface area contributed by atoms with E-state index in [-0.39, 0.29) is 31.7 Å². The zero-order valence-corrected chi connectivity index (χ0v) is 14.2. The lowest BCUT2D eigenvalue weighted by Gasteiger charge is -2.46. The maximum atomic E-state index is 14.8. The van der Waals surface area contributed by atoms with Crippen molar-refractivity contribution in [3.8, 4) is 0 Å². The number of fused-ring (bicyclic) bond motifs is 2. The molecule has 0 radical (unpaired) electrons. The third-order valence-electron chi connectivity index (χ3n) is 4.67. The van der Waals surface area contributed by atoms with E-state index in [1.165, 1.54) is 11.0 Å². The molecule has 2 heterocycles. The van der Waals surface area contributed by atoms with E-state index in [9.17, 15) is 13.6 Å². The van der Waals surface area contributed by atoms with Crippen molar-refractivity contribution in [3.05, 3.63) is 28.8 Å². The molecule has 2 aliphatic heterocycles. The zero-order chi connectivity index (χ0) is 17.4. The number of carbonyl (C=O) groups excluding carboxylic acids is 1. The summed E-state index contributed by atoms with van der Waals surface area (Å²) in [6.07, 6.45) is 0.720. The van der Waals surface area contributed by atoms with Crippen LogP contribution in [0.25, 0.3) is 0 Å². The average Bonchev–Trinajstić information content (AvgIpc) is 2.57. The summed E-state index contributed by atoms with van der Waals surface area (Å²) in [6, 6.07) is 4.65. The number of amides is 1. The molecule has 4 nitrogen and oxygen atoms in total. The highest BCUT2D eigenvalue weighted by Crippen LogP contribution is 2.55. The Hall–Kier alpha value is -1.40. The van der Waals surface area contributed by atoms with Crippen LogP contribution in [0.4, 0.5) is 19.3 Å². The summed E-state index contributed by atoms with van der Waals surface area (Å²) < 4.78 is 40.1. The van der Waals surface area contributed by atoms with Crippen molar-refractivity contribution in [3.63, 3.8) is 0 Å². The van der Waals surface area contributed by atoms with Crippen LogP contribution in [-0.4, -0.2) is 31.8 Å². The molecule has 2 aliphatic rings. The molecule has 0 aliphatic carbocycles. The summed E-state index contributed by atoms with van der Waals surface area (Å²) in [4.78, 5) is 13.7. The molecule has 0 aromatic heterocycles. The smallest absolute Gasteiger partial charge is 0.414 e. The largest absolute Gasteiger partial charge is 0.449 e. The van der Waals surface area contributed by atoms with Gasteiger partial charge in [0.1, 0.15) is 0 Å². The van der Waals surface area contributed by atoms with Crippen LogP contribution in [0.2, 0.25) is 5.02 Å². The number of halogens is 3. The van der Waals surface area contributed by atoms with Crippen LogP contribution in [0.15, 0.2) is 18.2 Å². The predicted octanol–water partition coefficient (Wildman–Crippen LogP) is 4.74. The number of benzene rings is 1. The van der Waals surface area contributed by atoms with E-state index in [1.807, 2.05) is 6.92 Å². The van der Waals surface area contributed by atoms with Gasteiger partial charge in [0.2, 0.25) is 0 Å². The molecule has 0 bridgehead atoms. The minimum absolute atomic E-state index is 0.127. The average molecular weight is 360 g/mol. The Morgan fingerprint density at radius 2 is 2.17 bits per heavy atom. The summed E-state index contributed by atoms with van der Waals surface area (Å²) in [5.41, 5.74) is -1.06. The minimum Gasteiger partial charge on any atom is -0.449 e. The van der Waals surface area contributed by atoms with Crippen LogP contribution >= 0.6 is 11.6 Å². The fraction of sp³-hybridized carbons (Fsp3) is 0.588. The lowest BCUT2D eigenvalue weighted by Crippen LogP contribution is -2.54. The first-order valence-electron chi connectivity index (χ1n) is 8.17. The molecule has 1 spiro atoms. The van der Waals surface area contributed by atoms with Crippen LogP contribution in [0.5, 0.6) is 0 Å². The topological polar surface area (TPSA) is 38.8 Å². The Morgan fingerprint density at radius 3 is 2.79 bits per heavy atom. The van der Waals surface area contributed by atoms with E-state index in [0.717, 1.165) is 12.8 Å². The predicted molar refractivity (Wildman–Crippen MR) is 86.9 cm³/mol. The molecular formula is C17H20ClF2NO3. The Kier molecular flexibility index (Phi) is 4.71. The maximum absolute atomic E-state index is 14.8. The third kappa shape index (κ3) is 2.75. The molecule has 1 unspecified atom stereocenters. The van der Waals surface area contributed by atoms with Gasteiger partial charge < -0.3 is 9.47 Å². The second kappa shape index (κ2) is 6.48. The molecule has 132 valence electrons. The van der Waals surface area contributed by atoms with E-state index in [0.29, 0.717) is 10.7 Å². The highest BCUT2D eigenvalue weighted by molar-refractivity contribution is 6.30. The Bertz CT molecular complexity index is 634. The van der Waals surface area contributed by atoms with E-state index < -0.39 is 24.0 Å². The molecule has 1 atom stereocenters. The molecular weight excluding hydrogens is 340 g/mol. The molecule has 1 aromatic rings. The van der Waals surface area contributed by atoms with E-state index in [2.05, 4.69) is 0 Å². The Morgan fingerprint density at radius 1 is 1.42 bits per heavy atom. The van der Waals surface area contributed by atoms with Crippen LogP contribution in [0, 0.1) is 0 Å². The normalized spacial score (nSPS) is 24.9. The monoisotopic (exact) mass is 359 g/mol. The van der Waals surface area contributed by atoms with Gasteiger partial charge in [-0.05, 0) is 24.6 Å². The van der Waals surface area contributed by atoms with Gasteiger partial charge in [-0.25, -0.2) is 13.6 Å². The molecule has 1 fully saturated rings. The standard InChI is InChI=1S/C17H20ClF2NO3/c1-2-3-9-23-15(22)21-8-6-17(19,20)16(7-10-24-16)13-11-12(18)4-5-14(13)21/h4-5,11H,2-3,6-10H2,1H3. The van der Waals surface area contributed by atoms with Crippen molar-refractivity contribution in [1.29, 1.82) is 0 Å². The molecule has 1 aromatic carbocycles. The van der Waals surface area contributed by atoms with Crippen molar-refractivity contribution < 1.29 is 23.0 Å². The van der Waals surface area contributed by atoms with E-state index in [4.69, 9.17) is 21.1 Å². The van der Waals surface area contributed by atoms with Gasteiger partial charge in [-0.15, -0.1) is 0 Å². The summed E-state index contributed by atoms with van der Waals surface area (Å²) in [6.45, 7) is 2.39. The second-order valence-electron chi connectivity index (χ2n) is 6.16. The summed E-state index contributed by atoms with van der Waals surface area (Å²) >= 11 is 6.03. The number of alkyl halides is 2. The highest BCUT2D eigenvalue weighted by atomic mass is 35.5. The molecule has 1 amide bonds. The van der Waals surface area contributed by atoms with Gasteiger partial charge in [0.15, 0.2) is 5.60 Å². The Labute approximate surface area is 144 Å². The van der Waals surface area contributed by atoms with Crippen molar-refractivity contribution in [2.45, 2.75) is 44.1 Å². The quantitative estimate of drug-likeness (QED) is 0.732. The SMILES string of the molecule is CCCCOC(=O)N1CCC(F)(F)C2(CCO2)c2cc(Cl)ccc21. The van der Waals surface area contributed by atoms with Gasteiger partial charge >= 0.3 is 6.09 Å². The molecule has 0 N–H and O–H groups in total. The maximum Gasteiger partial charge on any atom is 0.414 e. The first kappa shape index (κ1) is 17.4. The fourth-order valence-electron chi connectivity index (χ4n) is 3.22. The molecule has 24 heavy (non-hydrogen) atoms. The Balaban J connectivity index is 1.99. The van der Waals surface area contributed by atoms with Gasteiger partial charge in [0.05, 0.1) is 18.9 Å². The molecule has 7 heteroatoms. The third-order valence-corrected chi connectivity index (χ3v) is 4.91. The summed E-state index contributed by atoms with van der Waals surface area (Å²) in [7, 11) is 0. The van der Waals surface area contributed by atoms with Gasteiger partial charge in [-0.3, -0.25) is 4.90 Å². The first-order chi connectivity index (χ1) is 11.4. The fourth-order valence-corrected chi connectivity index (χ4v) is 3.39. The lowest BCUT2D eigenvalue weighted by atomic mass is 9.79. The van der Waals surface area contributed by atoms with Crippen LogP contribution in [0.3, 0.4) is 0 Å². The van der Waals surface area contributed by atoms with Crippen LogP contribution in [0.1, 0.15) is 38.2 Å². The number of unbranched alkanes of at least 4 members (excludes halogenated alkanes) is 1. The van der Waals surface area contributed by atoms with E-state index in [1.54, 1.807) is 12.1 Å². The molecule has 1 saturated heterocycles. The molecule has 0 saturated carbocycles. The minimum atomic E-state index is -3.08. The first-order valence-corrected chi connectivity index (χ1v) is 8.55. The van der Waals surface area contributed by atoms with Crippen molar-refractivity contribution in [1.82, 2.24) is 0 Å². The van der Waals surface area contributed by atoms with Crippen molar-refractivity contribution >= 4 is 23.4 Å². The number of hydrogen-bond acceptors (Lipinski definition) is 3. The molecule has 3 rings (SSSR count). The zero-order valence-electron chi connectivity index (χ0n) is 13.5. The number of carbonyl (C=O) groups is 1.